The van der Waals surface area contributed by atoms with Crippen molar-refractivity contribution in [2.24, 2.45) is 0 Å². The third kappa shape index (κ3) is 8.38. The topological polar surface area (TPSA) is 162 Å². The lowest BCUT2D eigenvalue weighted by Crippen LogP contribution is -2.35. The maximum Gasteiger partial charge on any atom is 0.411 e. The number of nitrogens with two attached hydrogens (primary N) is 1. The highest BCUT2D eigenvalue weighted by molar-refractivity contribution is 7.91. The van der Waals surface area contributed by atoms with E-state index in [1.165, 1.54) is 51.7 Å². The molecule has 4 aromatic rings. The molecule has 0 aliphatic carbocycles. The number of hydrogen-bond acceptors (Lipinski definition) is 10. The van der Waals surface area contributed by atoms with E-state index >= 15 is 0 Å². The smallest absolute Gasteiger partial charge is 0.411 e. The van der Waals surface area contributed by atoms with Crippen LogP contribution in [0.5, 0.6) is 11.5 Å². The van der Waals surface area contributed by atoms with Gasteiger partial charge in [0.25, 0.3) is 0 Å². The molecule has 1 aliphatic heterocycles. The van der Waals surface area contributed by atoms with E-state index in [0.717, 1.165) is 22.9 Å². The number of fused-ring (bicyclic) bond motifs is 1. The van der Waals surface area contributed by atoms with Crippen molar-refractivity contribution in [3.63, 3.8) is 0 Å². The minimum Gasteiger partial charge on any atom is -0.493 e. The van der Waals surface area contributed by atoms with Gasteiger partial charge >= 0.3 is 6.09 Å². The number of sulfone groups is 1. The number of nitrogen functional groups attached to an aromatic ring is 1. The monoisotopic (exact) mass is 667 g/mol. The highest BCUT2D eigenvalue weighted by Gasteiger charge is 2.33. The Kier molecular flexibility index (Phi) is 11.4. The third-order valence-corrected chi connectivity index (χ3v) is 9.48. The molecule has 1 aromatic heterocycles. The summed E-state index contributed by atoms with van der Waals surface area (Å²) in [5.74, 6) is 0.826. The molecule has 250 valence electrons. The van der Waals surface area contributed by atoms with E-state index in [9.17, 15) is 22.4 Å². The Hall–Kier alpha value is -5.11. The Morgan fingerprint density at radius 3 is 2.45 bits per heavy atom. The molecule has 2 amide bonds. The Balaban J connectivity index is 0.000000385. The van der Waals surface area contributed by atoms with Gasteiger partial charge in [0.05, 0.1) is 44.6 Å². The van der Waals surface area contributed by atoms with Crippen LogP contribution in [0.2, 0.25) is 0 Å². The number of amides is 2. The summed E-state index contributed by atoms with van der Waals surface area (Å²) in [4.78, 5) is 30.9. The quantitative estimate of drug-likeness (QED) is 0.211. The summed E-state index contributed by atoms with van der Waals surface area (Å²) in [5.41, 5.74) is 7.56. The molecule has 0 radical (unpaired) electrons. The third-order valence-electron chi connectivity index (χ3n) is 7.67. The first-order valence-corrected chi connectivity index (χ1v) is 16.4. The second-order valence-electron chi connectivity index (χ2n) is 10.5. The van der Waals surface area contributed by atoms with Crippen molar-refractivity contribution in [2.75, 3.05) is 56.5 Å². The number of ether oxygens (including phenoxy) is 3. The summed E-state index contributed by atoms with van der Waals surface area (Å²) in [6.45, 7) is 2.12. The Morgan fingerprint density at radius 2 is 1.74 bits per heavy atom. The van der Waals surface area contributed by atoms with Gasteiger partial charge in [-0.3, -0.25) is 10.1 Å². The molecular weight excluding hydrogens is 629 g/mol. The van der Waals surface area contributed by atoms with E-state index in [2.05, 4.69) is 20.4 Å². The summed E-state index contributed by atoms with van der Waals surface area (Å²) in [6, 6.07) is 15.7. The molecule has 1 saturated heterocycles. The fourth-order valence-electron chi connectivity index (χ4n) is 5.28. The largest absolute Gasteiger partial charge is 0.493 e. The number of benzene rings is 3. The van der Waals surface area contributed by atoms with Crippen LogP contribution in [-0.2, 0) is 19.4 Å². The van der Waals surface area contributed by atoms with Gasteiger partial charge in [0.15, 0.2) is 21.3 Å². The van der Waals surface area contributed by atoms with Crippen molar-refractivity contribution >= 4 is 49.8 Å². The van der Waals surface area contributed by atoms with Gasteiger partial charge in [0.2, 0.25) is 5.91 Å². The molecule has 4 N–H and O–H groups in total. The van der Waals surface area contributed by atoms with E-state index in [4.69, 9.17) is 15.2 Å². The zero-order valence-electron chi connectivity index (χ0n) is 26.6. The Bertz CT molecular complexity index is 1850. The minimum absolute atomic E-state index is 0.0402. The molecule has 5 rings (SSSR count). The maximum atomic E-state index is 13.3. The van der Waals surface area contributed by atoms with Crippen molar-refractivity contribution in [1.29, 1.82) is 0 Å². The summed E-state index contributed by atoms with van der Waals surface area (Å²) in [7, 11) is 0.668. The number of nitrogens with one attached hydrogen (secondary N) is 2. The zero-order valence-corrected chi connectivity index (χ0v) is 27.4. The molecule has 0 saturated carbocycles. The van der Waals surface area contributed by atoms with Crippen LogP contribution in [0.25, 0.3) is 10.8 Å². The fraction of sp³-hybridized carbons (Fsp3) is 0.303. The summed E-state index contributed by atoms with van der Waals surface area (Å²) in [6.07, 6.45) is 2.32. The number of nitrogens with zero attached hydrogens (tertiary/aromatic N) is 2. The van der Waals surface area contributed by atoms with E-state index in [0.29, 0.717) is 41.5 Å². The van der Waals surface area contributed by atoms with Crippen LogP contribution in [0.1, 0.15) is 31.4 Å². The molecule has 12 nitrogen and oxygen atoms in total. The molecule has 1 aliphatic rings. The molecule has 2 heterocycles. The molecule has 0 unspecified atom stereocenters. The molecular formula is C33H38FN5O7S. The van der Waals surface area contributed by atoms with Crippen LogP contribution in [-0.4, -0.2) is 70.5 Å². The Morgan fingerprint density at radius 1 is 1.00 bits per heavy atom. The number of carbonyl (C=O) groups excluding carboxylic acids is 2. The van der Waals surface area contributed by atoms with Crippen molar-refractivity contribution in [1.82, 2.24) is 9.88 Å². The number of pyridine rings is 1. The van der Waals surface area contributed by atoms with Gasteiger partial charge in [0, 0.05) is 35.6 Å². The first-order valence-electron chi connectivity index (χ1n) is 14.8. The molecule has 47 heavy (non-hydrogen) atoms. The van der Waals surface area contributed by atoms with Crippen molar-refractivity contribution in [3.05, 3.63) is 78.2 Å². The lowest BCUT2D eigenvalue weighted by atomic mass is 10.0. The average Bonchev–Trinajstić information content (AvgIpc) is 3.57. The first kappa shape index (κ1) is 34.8. The van der Waals surface area contributed by atoms with Gasteiger partial charge in [-0.25, -0.2) is 22.6 Å². The van der Waals surface area contributed by atoms with Crippen LogP contribution in [0.4, 0.5) is 26.4 Å². The number of likely N-dealkylation sites (tertiary alicyclic amines) is 1. The highest BCUT2D eigenvalue weighted by atomic mass is 32.2. The van der Waals surface area contributed by atoms with E-state index < -0.39 is 22.0 Å². The highest BCUT2D eigenvalue weighted by Crippen LogP contribution is 2.37. The van der Waals surface area contributed by atoms with Crippen LogP contribution in [0.3, 0.4) is 0 Å². The maximum absolute atomic E-state index is 13.3. The number of carbonyl (C=O) groups is 2. The number of hydrogen-bond donors (Lipinski definition) is 3. The van der Waals surface area contributed by atoms with E-state index in [1.807, 2.05) is 24.3 Å². The van der Waals surface area contributed by atoms with Gasteiger partial charge in [-0.05, 0) is 78.4 Å². The van der Waals surface area contributed by atoms with Gasteiger partial charge in [-0.1, -0.05) is 6.92 Å². The lowest BCUT2D eigenvalue weighted by Gasteiger charge is -2.27. The first-order chi connectivity index (χ1) is 22.5. The van der Waals surface area contributed by atoms with E-state index in [-0.39, 0.29) is 28.9 Å². The molecule has 0 bridgehead atoms. The molecule has 1 fully saturated rings. The minimum atomic E-state index is -3.56. The number of aromatic nitrogens is 1. The van der Waals surface area contributed by atoms with Crippen molar-refractivity contribution in [2.45, 2.75) is 30.7 Å². The van der Waals surface area contributed by atoms with Gasteiger partial charge in [-0.2, -0.15) is 0 Å². The SMILES string of the molecule is CCS(=O)(=O)c1ccc(NC(=O)OC)cc1[C@H]1CCCN1C(=O)CNc1ccc2c(N)nccc2c1.COc1ccc(F)cc1OC. The second-order valence-corrected chi connectivity index (χ2v) is 12.7. The van der Waals surface area contributed by atoms with E-state index in [1.54, 1.807) is 24.1 Å². The normalized spacial score (nSPS) is 14.1. The standard InChI is InChI=1S/C25H29N5O5S.C8H9FO2/c1-3-36(33,34)22-9-7-18(29-25(32)35-2)14-20(22)21-5-4-12-30(21)23(31)15-28-17-6-8-19-16(13-17)10-11-27-24(19)26;1-10-7-4-3-6(9)5-8(7)11-2/h6-11,13-14,21,28H,3-5,12,15H2,1-2H3,(H2,26,27)(H,29,32);3-5H,1-2H3/t21-;/m1./s1. The summed E-state index contributed by atoms with van der Waals surface area (Å²) < 4.78 is 52.6. The van der Waals surface area contributed by atoms with Gasteiger partial charge in [-0.15, -0.1) is 0 Å². The predicted molar refractivity (Wildman–Crippen MR) is 178 cm³/mol. The summed E-state index contributed by atoms with van der Waals surface area (Å²) in [5, 5.41) is 7.48. The summed E-state index contributed by atoms with van der Waals surface area (Å²) >= 11 is 0. The second kappa shape index (κ2) is 15.5. The fourth-order valence-corrected chi connectivity index (χ4v) is 6.42. The predicted octanol–water partition coefficient (Wildman–Crippen LogP) is 5.41. The van der Waals surface area contributed by atoms with Crippen LogP contribution >= 0.6 is 0 Å². The van der Waals surface area contributed by atoms with Crippen LogP contribution in [0.15, 0.2) is 71.8 Å². The van der Waals surface area contributed by atoms with Gasteiger partial charge < -0.3 is 30.2 Å². The Labute approximate surface area is 272 Å². The van der Waals surface area contributed by atoms with Crippen LogP contribution < -0.4 is 25.8 Å². The average molecular weight is 668 g/mol. The zero-order chi connectivity index (χ0) is 34.1. The molecule has 1 atom stereocenters. The number of methoxy groups -OCH3 is 3. The van der Waals surface area contributed by atoms with Crippen LogP contribution in [0, 0.1) is 5.82 Å². The lowest BCUT2D eigenvalue weighted by molar-refractivity contribution is -0.130. The van der Waals surface area contributed by atoms with Crippen molar-refractivity contribution < 1.29 is 36.6 Å². The molecule has 3 aromatic carbocycles. The van der Waals surface area contributed by atoms with Gasteiger partial charge in [0.1, 0.15) is 11.6 Å². The number of anilines is 3. The molecule has 14 heteroatoms. The molecule has 0 spiro atoms. The number of halogens is 1. The van der Waals surface area contributed by atoms with Crippen molar-refractivity contribution in [3.8, 4) is 11.5 Å². The number of rotatable bonds is 9.